The lowest BCUT2D eigenvalue weighted by Gasteiger charge is -2.29. The standard InChI is InChI=1S/C16H26FN/c1-6-15(13-7-9-14(17)10-8-13)18-11-12(2)16(3,4)5/h7-10,12,15,18H,6,11H2,1-5H3. The van der Waals surface area contributed by atoms with Crippen molar-refractivity contribution in [2.75, 3.05) is 6.54 Å². The fourth-order valence-corrected chi connectivity index (χ4v) is 1.82. The van der Waals surface area contributed by atoms with Gasteiger partial charge in [-0.1, -0.05) is 46.8 Å². The number of hydrogen-bond donors (Lipinski definition) is 1. The van der Waals surface area contributed by atoms with Gasteiger partial charge in [0.05, 0.1) is 0 Å². The van der Waals surface area contributed by atoms with Gasteiger partial charge >= 0.3 is 0 Å². The lowest BCUT2D eigenvalue weighted by Crippen LogP contribution is -2.32. The van der Waals surface area contributed by atoms with E-state index in [0.717, 1.165) is 13.0 Å². The third kappa shape index (κ3) is 4.41. The highest BCUT2D eigenvalue weighted by molar-refractivity contribution is 5.19. The van der Waals surface area contributed by atoms with Crippen LogP contribution in [0.1, 0.15) is 52.6 Å². The van der Waals surface area contributed by atoms with Crippen LogP contribution >= 0.6 is 0 Å². The summed E-state index contributed by atoms with van der Waals surface area (Å²) in [7, 11) is 0. The van der Waals surface area contributed by atoms with Crippen LogP contribution in [0, 0.1) is 17.2 Å². The third-order valence-corrected chi connectivity index (χ3v) is 3.83. The van der Waals surface area contributed by atoms with Gasteiger partial charge in [-0.05, 0) is 42.0 Å². The van der Waals surface area contributed by atoms with Crippen LogP contribution in [0.25, 0.3) is 0 Å². The molecule has 1 rings (SSSR count). The molecule has 1 aromatic rings. The summed E-state index contributed by atoms with van der Waals surface area (Å²) in [6.45, 7) is 12.2. The van der Waals surface area contributed by atoms with E-state index in [1.165, 1.54) is 17.7 Å². The number of benzene rings is 1. The smallest absolute Gasteiger partial charge is 0.123 e. The van der Waals surface area contributed by atoms with Gasteiger partial charge in [0.2, 0.25) is 0 Å². The molecular formula is C16H26FN. The number of hydrogen-bond acceptors (Lipinski definition) is 1. The van der Waals surface area contributed by atoms with E-state index in [0.29, 0.717) is 17.4 Å². The van der Waals surface area contributed by atoms with Crippen LogP contribution in [0.3, 0.4) is 0 Å². The van der Waals surface area contributed by atoms with Crippen molar-refractivity contribution in [1.82, 2.24) is 5.32 Å². The highest BCUT2D eigenvalue weighted by Crippen LogP contribution is 2.26. The molecule has 2 atom stereocenters. The Morgan fingerprint density at radius 1 is 1.17 bits per heavy atom. The zero-order valence-electron chi connectivity index (χ0n) is 12.3. The van der Waals surface area contributed by atoms with E-state index < -0.39 is 0 Å². The van der Waals surface area contributed by atoms with Gasteiger partial charge in [-0.3, -0.25) is 0 Å². The van der Waals surface area contributed by atoms with Gasteiger partial charge < -0.3 is 5.32 Å². The van der Waals surface area contributed by atoms with Crippen LogP contribution in [0.5, 0.6) is 0 Å². The van der Waals surface area contributed by atoms with Crippen molar-refractivity contribution in [2.45, 2.75) is 47.1 Å². The Kier molecular flexibility index (Phi) is 5.33. The molecule has 0 aliphatic heterocycles. The summed E-state index contributed by atoms with van der Waals surface area (Å²) in [4.78, 5) is 0. The first-order chi connectivity index (χ1) is 8.34. The highest BCUT2D eigenvalue weighted by atomic mass is 19.1. The lowest BCUT2D eigenvalue weighted by atomic mass is 9.82. The zero-order valence-corrected chi connectivity index (χ0v) is 12.3. The summed E-state index contributed by atoms with van der Waals surface area (Å²) in [6.07, 6.45) is 1.02. The largest absolute Gasteiger partial charge is 0.310 e. The molecule has 0 heterocycles. The molecule has 0 aliphatic carbocycles. The molecule has 0 fully saturated rings. The van der Waals surface area contributed by atoms with Crippen LogP contribution in [-0.2, 0) is 0 Å². The maximum absolute atomic E-state index is 12.9. The van der Waals surface area contributed by atoms with E-state index in [1.807, 2.05) is 12.1 Å². The molecule has 0 spiro atoms. The van der Waals surface area contributed by atoms with Gasteiger partial charge in [0.1, 0.15) is 5.82 Å². The molecule has 1 nitrogen and oxygen atoms in total. The predicted octanol–water partition coefficient (Wildman–Crippen LogP) is 4.55. The van der Waals surface area contributed by atoms with Gasteiger partial charge in [-0.2, -0.15) is 0 Å². The van der Waals surface area contributed by atoms with Crippen molar-refractivity contribution in [2.24, 2.45) is 11.3 Å². The van der Waals surface area contributed by atoms with Crippen molar-refractivity contribution in [1.29, 1.82) is 0 Å². The van der Waals surface area contributed by atoms with E-state index in [4.69, 9.17) is 0 Å². The summed E-state index contributed by atoms with van der Waals surface area (Å²) < 4.78 is 12.9. The first-order valence-electron chi connectivity index (χ1n) is 6.83. The minimum Gasteiger partial charge on any atom is -0.310 e. The molecular weight excluding hydrogens is 225 g/mol. The summed E-state index contributed by atoms with van der Waals surface area (Å²) in [5.74, 6) is 0.434. The second-order valence-electron chi connectivity index (χ2n) is 6.19. The molecule has 2 unspecified atom stereocenters. The molecule has 0 radical (unpaired) electrons. The fraction of sp³-hybridized carbons (Fsp3) is 0.625. The molecule has 18 heavy (non-hydrogen) atoms. The molecule has 0 saturated carbocycles. The Labute approximate surface area is 111 Å². The third-order valence-electron chi connectivity index (χ3n) is 3.83. The van der Waals surface area contributed by atoms with E-state index in [2.05, 4.69) is 39.9 Å². The maximum atomic E-state index is 12.9. The molecule has 1 N–H and O–H groups in total. The molecule has 0 amide bonds. The molecule has 1 aromatic carbocycles. The monoisotopic (exact) mass is 251 g/mol. The molecule has 0 aliphatic rings. The van der Waals surface area contributed by atoms with Gasteiger partial charge in [-0.15, -0.1) is 0 Å². The zero-order chi connectivity index (χ0) is 13.8. The maximum Gasteiger partial charge on any atom is 0.123 e. The van der Waals surface area contributed by atoms with Crippen molar-refractivity contribution in [3.05, 3.63) is 35.6 Å². The van der Waals surface area contributed by atoms with Gasteiger partial charge in [0.25, 0.3) is 0 Å². The Bertz CT molecular complexity index is 350. The Morgan fingerprint density at radius 2 is 1.72 bits per heavy atom. The fourth-order valence-electron chi connectivity index (χ4n) is 1.82. The van der Waals surface area contributed by atoms with Gasteiger partial charge in [-0.25, -0.2) is 4.39 Å². The summed E-state index contributed by atoms with van der Waals surface area (Å²) in [5.41, 5.74) is 1.48. The topological polar surface area (TPSA) is 12.0 Å². The molecule has 2 heteroatoms. The molecule has 0 bridgehead atoms. The van der Waals surface area contributed by atoms with Crippen molar-refractivity contribution in [3.63, 3.8) is 0 Å². The van der Waals surface area contributed by atoms with Crippen LogP contribution in [0.15, 0.2) is 24.3 Å². The Balaban J connectivity index is 2.60. The summed E-state index contributed by atoms with van der Waals surface area (Å²) in [6, 6.07) is 7.13. The lowest BCUT2D eigenvalue weighted by molar-refractivity contribution is 0.244. The normalized spacial score (nSPS) is 15.4. The van der Waals surface area contributed by atoms with E-state index in [1.54, 1.807) is 0 Å². The van der Waals surface area contributed by atoms with E-state index in [9.17, 15) is 4.39 Å². The van der Waals surface area contributed by atoms with Crippen molar-refractivity contribution in [3.8, 4) is 0 Å². The second-order valence-corrected chi connectivity index (χ2v) is 6.19. The SMILES string of the molecule is CCC(NCC(C)C(C)(C)C)c1ccc(F)cc1. The summed E-state index contributed by atoms with van der Waals surface area (Å²) >= 11 is 0. The van der Waals surface area contributed by atoms with Crippen molar-refractivity contribution >= 4 is 0 Å². The summed E-state index contributed by atoms with van der Waals surface area (Å²) in [5, 5.41) is 3.59. The first-order valence-corrected chi connectivity index (χ1v) is 6.83. The highest BCUT2D eigenvalue weighted by Gasteiger charge is 2.20. The Morgan fingerprint density at radius 3 is 2.17 bits per heavy atom. The average molecular weight is 251 g/mol. The minimum absolute atomic E-state index is 0.170. The van der Waals surface area contributed by atoms with Crippen LogP contribution in [-0.4, -0.2) is 6.54 Å². The van der Waals surface area contributed by atoms with E-state index in [-0.39, 0.29) is 5.82 Å². The first kappa shape index (κ1) is 15.2. The average Bonchev–Trinajstić information content (AvgIpc) is 2.30. The number of halogens is 1. The van der Waals surface area contributed by atoms with Crippen LogP contribution in [0.2, 0.25) is 0 Å². The van der Waals surface area contributed by atoms with Crippen LogP contribution < -0.4 is 5.32 Å². The van der Waals surface area contributed by atoms with Crippen molar-refractivity contribution < 1.29 is 4.39 Å². The molecule has 0 aromatic heterocycles. The molecule has 102 valence electrons. The van der Waals surface area contributed by atoms with Crippen LogP contribution in [0.4, 0.5) is 4.39 Å². The van der Waals surface area contributed by atoms with Gasteiger partial charge in [0, 0.05) is 6.04 Å². The minimum atomic E-state index is -0.170. The number of rotatable bonds is 5. The van der Waals surface area contributed by atoms with Gasteiger partial charge in [0.15, 0.2) is 0 Å². The predicted molar refractivity (Wildman–Crippen MR) is 76.1 cm³/mol. The van der Waals surface area contributed by atoms with E-state index >= 15 is 0 Å². The molecule has 0 saturated heterocycles. The quantitative estimate of drug-likeness (QED) is 0.809. The second kappa shape index (κ2) is 6.33. The Hall–Kier alpha value is -0.890. The number of nitrogens with one attached hydrogen (secondary N) is 1.